The van der Waals surface area contributed by atoms with E-state index in [1.165, 1.54) is 0 Å². The van der Waals surface area contributed by atoms with Gasteiger partial charge in [-0.05, 0) is 0 Å². The summed E-state index contributed by atoms with van der Waals surface area (Å²) in [7, 11) is 10.8. The predicted molar refractivity (Wildman–Crippen MR) is 119 cm³/mol. The van der Waals surface area contributed by atoms with Crippen LogP contribution in [0, 0.1) is 0 Å². The first-order valence-corrected chi connectivity index (χ1v) is 8.82. The normalized spacial score (nSPS) is 7.20. The second-order valence-electron chi connectivity index (χ2n) is 3.79. The van der Waals surface area contributed by atoms with Gasteiger partial charge in [-0.3, -0.25) is 0 Å². The van der Waals surface area contributed by atoms with Crippen molar-refractivity contribution < 1.29 is 21.1 Å². The maximum atomic E-state index is 3.74. The zero-order chi connectivity index (χ0) is 20.5. The topological polar surface area (TPSA) is 84.6 Å². The maximum absolute atomic E-state index is 3.74. The van der Waals surface area contributed by atoms with Gasteiger partial charge in [0, 0.05) is 21.1 Å². The van der Waals surface area contributed by atoms with Crippen LogP contribution in [0.1, 0.15) is 41.5 Å². The van der Waals surface area contributed by atoms with Crippen LogP contribution >= 0.6 is 0 Å². The molecule has 0 unspecified atom stereocenters. The average Bonchev–Trinajstić information content (AvgIpc) is 2.68. The number of hydrogen-bond acceptors (Lipinski definition) is 0. The molecule has 0 radical (unpaired) electrons. The SMILES string of the molecule is CC[N-]C.CC[N-]C.CC[N-]C.CC[N-]C.CC[N-]C.CC[N-]C.[W]. The molecule has 0 amide bonds. The van der Waals surface area contributed by atoms with Gasteiger partial charge in [0.1, 0.15) is 0 Å². The second kappa shape index (κ2) is 86.7. The minimum Gasteiger partial charge on any atom is -0.665 e. The van der Waals surface area contributed by atoms with E-state index in [1.54, 1.807) is 42.3 Å². The van der Waals surface area contributed by atoms with Gasteiger partial charge in [-0.1, -0.05) is 41.5 Å². The molecule has 0 aromatic carbocycles. The Morgan fingerprint density at radius 2 is 0.360 bits per heavy atom. The average molecular weight is 532 g/mol. The van der Waals surface area contributed by atoms with E-state index in [2.05, 4.69) is 31.9 Å². The molecule has 0 saturated heterocycles. The van der Waals surface area contributed by atoms with Gasteiger partial charge in [-0.15, -0.1) is 0 Å². The first kappa shape index (κ1) is 44.7. The minimum absolute atomic E-state index is 0. The van der Waals surface area contributed by atoms with Crippen LogP contribution in [0.3, 0.4) is 0 Å². The number of hydrogen-bond donors (Lipinski definition) is 0. The first-order valence-electron chi connectivity index (χ1n) is 8.82. The third kappa shape index (κ3) is 296. The van der Waals surface area contributed by atoms with Gasteiger partial charge in [0.25, 0.3) is 0 Å². The molecule has 25 heavy (non-hydrogen) atoms. The van der Waals surface area contributed by atoms with Crippen LogP contribution in [-0.2, 0) is 21.1 Å². The fourth-order valence-corrected chi connectivity index (χ4v) is 0. The molecule has 0 atom stereocenters. The van der Waals surface area contributed by atoms with Crippen molar-refractivity contribution in [1.29, 1.82) is 0 Å². The second-order valence-corrected chi connectivity index (χ2v) is 3.79. The van der Waals surface area contributed by atoms with E-state index in [-0.39, 0.29) is 21.1 Å². The maximum Gasteiger partial charge on any atom is 0 e. The summed E-state index contributed by atoms with van der Waals surface area (Å²) in [4.78, 5) is 0. The molecule has 0 fully saturated rings. The van der Waals surface area contributed by atoms with E-state index in [0.29, 0.717) is 0 Å². The van der Waals surface area contributed by atoms with Crippen LogP contribution in [-0.4, -0.2) is 81.6 Å². The summed E-state index contributed by atoms with van der Waals surface area (Å²) in [6.45, 7) is 17.8. The molecular formula is C18H48N6W-6. The quantitative estimate of drug-likeness (QED) is 0.399. The van der Waals surface area contributed by atoms with Crippen LogP contribution in [0.15, 0.2) is 0 Å². The van der Waals surface area contributed by atoms with Crippen LogP contribution in [0.5, 0.6) is 0 Å². The zero-order valence-corrected chi connectivity index (χ0v) is 22.3. The van der Waals surface area contributed by atoms with Crippen LogP contribution < -0.4 is 0 Å². The molecule has 0 saturated carbocycles. The molecular weight excluding hydrogens is 484 g/mol. The molecule has 0 rings (SSSR count). The summed E-state index contributed by atoms with van der Waals surface area (Å²) >= 11 is 0. The van der Waals surface area contributed by atoms with Crippen molar-refractivity contribution in [2.24, 2.45) is 0 Å². The van der Waals surface area contributed by atoms with Crippen molar-refractivity contribution in [3.8, 4) is 0 Å². The standard InChI is InChI=1S/6C3H8N.W/c6*1-3-4-2;/h6*3H2,1-2H3;/q6*-1;. The summed E-state index contributed by atoms with van der Waals surface area (Å²) in [6, 6.07) is 0. The molecule has 0 aromatic rings. The van der Waals surface area contributed by atoms with E-state index in [1.807, 2.05) is 41.5 Å². The molecule has 0 aliphatic heterocycles. The molecule has 0 spiro atoms. The number of nitrogens with zero attached hydrogens (tertiary/aromatic N) is 6. The molecule has 6 nitrogen and oxygen atoms in total. The Balaban J connectivity index is -0.0000000309. The Morgan fingerprint density at radius 1 is 0.320 bits per heavy atom. The first-order chi connectivity index (χ1) is 11.5. The van der Waals surface area contributed by atoms with E-state index < -0.39 is 0 Å². The van der Waals surface area contributed by atoms with Crippen LogP contribution in [0.2, 0.25) is 0 Å². The molecule has 0 bridgehead atoms. The van der Waals surface area contributed by atoms with Crippen molar-refractivity contribution in [2.45, 2.75) is 41.5 Å². The third-order valence-corrected chi connectivity index (χ3v) is 1.90. The molecule has 0 N–H and O–H groups in total. The smallest absolute Gasteiger partial charge is 0 e. The molecule has 0 aromatic heterocycles. The van der Waals surface area contributed by atoms with Gasteiger partial charge < -0.3 is 31.9 Å². The zero-order valence-electron chi connectivity index (χ0n) is 19.3. The van der Waals surface area contributed by atoms with Crippen molar-refractivity contribution in [3.05, 3.63) is 31.9 Å². The number of rotatable bonds is 6. The summed E-state index contributed by atoms with van der Waals surface area (Å²) in [5.41, 5.74) is 0. The monoisotopic (exact) mass is 532 g/mol. The van der Waals surface area contributed by atoms with Crippen molar-refractivity contribution in [2.75, 3.05) is 81.6 Å². The van der Waals surface area contributed by atoms with Gasteiger partial charge in [0.2, 0.25) is 0 Å². The van der Waals surface area contributed by atoms with Crippen molar-refractivity contribution in [1.82, 2.24) is 0 Å². The molecule has 0 heterocycles. The Morgan fingerprint density at radius 3 is 0.360 bits per heavy atom. The van der Waals surface area contributed by atoms with Crippen molar-refractivity contribution in [3.63, 3.8) is 0 Å². The van der Waals surface area contributed by atoms with Crippen molar-refractivity contribution >= 4 is 0 Å². The van der Waals surface area contributed by atoms with E-state index in [9.17, 15) is 0 Å². The Hall–Kier alpha value is 0.448. The van der Waals surface area contributed by atoms with E-state index in [0.717, 1.165) is 39.3 Å². The Bertz CT molecular complexity index is 68.5. The van der Waals surface area contributed by atoms with Gasteiger partial charge >= 0.3 is 0 Å². The summed E-state index contributed by atoms with van der Waals surface area (Å²) < 4.78 is 0. The summed E-state index contributed by atoms with van der Waals surface area (Å²) in [5, 5.41) is 22.4. The molecule has 0 aliphatic rings. The van der Waals surface area contributed by atoms with E-state index in [4.69, 9.17) is 0 Å². The largest absolute Gasteiger partial charge is 0.665 e. The van der Waals surface area contributed by atoms with Gasteiger partial charge in [0.15, 0.2) is 0 Å². The molecule has 7 heteroatoms. The third-order valence-electron chi connectivity index (χ3n) is 1.90. The van der Waals surface area contributed by atoms with Crippen LogP contribution in [0.4, 0.5) is 0 Å². The van der Waals surface area contributed by atoms with Gasteiger partial charge in [0.05, 0.1) is 0 Å². The molecule has 162 valence electrons. The van der Waals surface area contributed by atoms with E-state index >= 15 is 0 Å². The van der Waals surface area contributed by atoms with Gasteiger partial charge in [-0.2, -0.15) is 81.6 Å². The summed E-state index contributed by atoms with van der Waals surface area (Å²) in [6.07, 6.45) is 0. The van der Waals surface area contributed by atoms with Gasteiger partial charge in [-0.25, -0.2) is 0 Å². The summed E-state index contributed by atoms with van der Waals surface area (Å²) in [5.74, 6) is 0. The fourth-order valence-electron chi connectivity index (χ4n) is 0. The Labute approximate surface area is 176 Å². The minimum atomic E-state index is 0. The molecule has 0 aliphatic carbocycles. The Kier molecular flexibility index (Phi) is 155. The predicted octanol–water partition coefficient (Wildman–Crippen LogP) is 6.06. The fraction of sp³-hybridized carbons (Fsp3) is 1.00. The van der Waals surface area contributed by atoms with Crippen LogP contribution in [0.25, 0.3) is 31.9 Å².